The Morgan fingerprint density at radius 3 is 2.58 bits per heavy atom. The standard InChI is InChI=1S/C12H18ClN5S/c1-6(2)10-12(19-17-16-10)9(14)11-8(13)5-15-18(11)7(3)4/h5-7,9H,14H2,1-4H3. The number of rotatable bonds is 4. The van der Waals surface area contributed by atoms with Crippen molar-refractivity contribution in [1.29, 1.82) is 0 Å². The van der Waals surface area contributed by atoms with Gasteiger partial charge in [-0.1, -0.05) is 29.9 Å². The van der Waals surface area contributed by atoms with Crippen LogP contribution in [0.15, 0.2) is 6.20 Å². The molecule has 2 heterocycles. The zero-order valence-corrected chi connectivity index (χ0v) is 13.0. The topological polar surface area (TPSA) is 69.6 Å². The maximum atomic E-state index is 6.37. The molecule has 1 unspecified atom stereocenters. The van der Waals surface area contributed by atoms with Gasteiger partial charge in [-0.2, -0.15) is 5.10 Å². The van der Waals surface area contributed by atoms with Gasteiger partial charge in [0.1, 0.15) is 0 Å². The van der Waals surface area contributed by atoms with Crippen LogP contribution < -0.4 is 5.73 Å². The molecule has 0 amide bonds. The minimum atomic E-state index is -0.338. The van der Waals surface area contributed by atoms with E-state index < -0.39 is 0 Å². The highest BCUT2D eigenvalue weighted by Crippen LogP contribution is 2.33. The lowest BCUT2D eigenvalue weighted by atomic mass is 10.0. The number of hydrogen-bond acceptors (Lipinski definition) is 5. The smallest absolute Gasteiger partial charge is 0.0867 e. The Hall–Kier alpha value is -0.980. The number of nitrogens with two attached hydrogens (primary N) is 1. The highest BCUT2D eigenvalue weighted by atomic mass is 35.5. The number of halogens is 1. The Bertz CT molecular complexity index is 560. The minimum absolute atomic E-state index is 0.205. The van der Waals surface area contributed by atoms with Crippen LogP contribution in [0.2, 0.25) is 5.02 Å². The van der Waals surface area contributed by atoms with Crippen molar-refractivity contribution >= 4 is 23.1 Å². The van der Waals surface area contributed by atoms with E-state index in [4.69, 9.17) is 17.3 Å². The summed E-state index contributed by atoms with van der Waals surface area (Å²) in [5, 5.41) is 9.04. The first kappa shape index (κ1) is 14.4. The predicted molar refractivity (Wildman–Crippen MR) is 77.7 cm³/mol. The Balaban J connectivity index is 2.47. The Kier molecular flexibility index (Phi) is 4.23. The SMILES string of the molecule is CC(C)c1nnsc1C(N)c1c(Cl)cnn1C(C)C. The maximum absolute atomic E-state index is 6.37. The quantitative estimate of drug-likeness (QED) is 0.941. The number of hydrogen-bond donors (Lipinski definition) is 1. The van der Waals surface area contributed by atoms with E-state index in [0.717, 1.165) is 16.3 Å². The van der Waals surface area contributed by atoms with E-state index in [1.165, 1.54) is 11.5 Å². The zero-order chi connectivity index (χ0) is 14.2. The fraction of sp³-hybridized carbons (Fsp3) is 0.583. The fourth-order valence-corrected chi connectivity index (χ4v) is 3.06. The van der Waals surface area contributed by atoms with Crippen molar-refractivity contribution in [3.05, 3.63) is 27.5 Å². The molecule has 2 aromatic rings. The molecular weight excluding hydrogens is 282 g/mol. The highest BCUT2D eigenvalue weighted by molar-refractivity contribution is 7.05. The molecule has 0 aliphatic heterocycles. The van der Waals surface area contributed by atoms with Crippen molar-refractivity contribution in [2.24, 2.45) is 5.73 Å². The second-order valence-corrected chi connectivity index (χ2v) is 6.26. The molecular formula is C12H18ClN5S. The van der Waals surface area contributed by atoms with Gasteiger partial charge in [0, 0.05) is 6.04 Å². The summed E-state index contributed by atoms with van der Waals surface area (Å²) in [6.45, 7) is 8.25. The number of aromatic nitrogens is 4. The lowest BCUT2D eigenvalue weighted by molar-refractivity contribution is 0.499. The first-order valence-corrected chi connectivity index (χ1v) is 7.39. The van der Waals surface area contributed by atoms with Crippen molar-refractivity contribution < 1.29 is 0 Å². The summed E-state index contributed by atoms with van der Waals surface area (Å²) in [6.07, 6.45) is 1.64. The van der Waals surface area contributed by atoms with Crippen LogP contribution in [0, 0.1) is 0 Å². The van der Waals surface area contributed by atoms with Gasteiger partial charge in [0.25, 0.3) is 0 Å². The van der Waals surface area contributed by atoms with Crippen LogP contribution in [0.3, 0.4) is 0 Å². The van der Waals surface area contributed by atoms with Crippen molar-refractivity contribution in [3.63, 3.8) is 0 Å². The van der Waals surface area contributed by atoms with Gasteiger partial charge in [0.2, 0.25) is 0 Å². The monoisotopic (exact) mass is 299 g/mol. The maximum Gasteiger partial charge on any atom is 0.0867 e. The predicted octanol–water partition coefficient (Wildman–Crippen LogP) is 3.14. The number of nitrogens with zero attached hydrogens (tertiary/aromatic N) is 4. The summed E-state index contributed by atoms with van der Waals surface area (Å²) >= 11 is 7.56. The van der Waals surface area contributed by atoms with E-state index in [2.05, 4.69) is 28.5 Å². The summed E-state index contributed by atoms with van der Waals surface area (Å²) in [5.74, 6) is 0.286. The van der Waals surface area contributed by atoms with E-state index in [1.54, 1.807) is 6.20 Å². The van der Waals surface area contributed by atoms with Crippen LogP contribution in [0.1, 0.15) is 62.0 Å². The van der Waals surface area contributed by atoms with E-state index in [9.17, 15) is 0 Å². The van der Waals surface area contributed by atoms with Gasteiger partial charge in [-0.3, -0.25) is 4.68 Å². The fourth-order valence-electron chi connectivity index (χ4n) is 2.00. The lowest BCUT2D eigenvalue weighted by Gasteiger charge is -2.17. The molecule has 0 aromatic carbocycles. The van der Waals surface area contributed by atoms with Gasteiger partial charge in [0.05, 0.1) is 33.5 Å². The molecule has 7 heteroatoms. The third kappa shape index (κ3) is 2.66. The molecule has 0 aliphatic rings. The van der Waals surface area contributed by atoms with Crippen LogP contribution >= 0.6 is 23.1 Å². The summed E-state index contributed by atoms with van der Waals surface area (Å²) in [5.41, 5.74) is 8.13. The Morgan fingerprint density at radius 2 is 2.00 bits per heavy atom. The van der Waals surface area contributed by atoms with E-state index in [-0.39, 0.29) is 18.0 Å². The third-order valence-electron chi connectivity index (χ3n) is 2.94. The molecule has 1 atom stereocenters. The molecule has 19 heavy (non-hydrogen) atoms. The van der Waals surface area contributed by atoms with Gasteiger partial charge in [0.15, 0.2) is 0 Å². The molecule has 0 bridgehead atoms. The van der Waals surface area contributed by atoms with Gasteiger partial charge < -0.3 is 5.73 Å². The molecule has 0 saturated carbocycles. The molecule has 2 rings (SSSR count). The summed E-state index contributed by atoms with van der Waals surface area (Å²) < 4.78 is 5.88. The molecule has 0 spiro atoms. The summed E-state index contributed by atoms with van der Waals surface area (Å²) in [6, 6.07) is -0.133. The van der Waals surface area contributed by atoms with Crippen LogP contribution in [0.5, 0.6) is 0 Å². The Labute approximate surface area is 121 Å². The average Bonchev–Trinajstić information content (AvgIpc) is 2.93. The Morgan fingerprint density at radius 1 is 1.32 bits per heavy atom. The minimum Gasteiger partial charge on any atom is -0.318 e. The molecule has 5 nitrogen and oxygen atoms in total. The average molecular weight is 300 g/mol. The van der Waals surface area contributed by atoms with E-state index in [0.29, 0.717) is 5.02 Å². The van der Waals surface area contributed by atoms with E-state index in [1.807, 2.05) is 18.5 Å². The highest BCUT2D eigenvalue weighted by Gasteiger charge is 2.25. The molecule has 0 radical (unpaired) electrons. The van der Waals surface area contributed by atoms with Gasteiger partial charge >= 0.3 is 0 Å². The second-order valence-electron chi connectivity index (χ2n) is 5.07. The second kappa shape index (κ2) is 5.56. The zero-order valence-electron chi connectivity index (χ0n) is 11.5. The lowest BCUT2D eigenvalue weighted by Crippen LogP contribution is -2.19. The molecule has 0 fully saturated rings. The molecule has 2 N–H and O–H groups in total. The van der Waals surface area contributed by atoms with Crippen molar-refractivity contribution in [3.8, 4) is 0 Å². The first-order valence-electron chi connectivity index (χ1n) is 6.24. The molecule has 0 aliphatic carbocycles. The van der Waals surface area contributed by atoms with E-state index >= 15 is 0 Å². The van der Waals surface area contributed by atoms with Gasteiger partial charge in [-0.05, 0) is 31.3 Å². The first-order chi connectivity index (χ1) is 8.93. The summed E-state index contributed by atoms with van der Waals surface area (Å²) in [4.78, 5) is 0.958. The van der Waals surface area contributed by atoms with Crippen LogP contribution in [0.25, 0.3) is 0 Å². The third-order valence-corrected chi connectivity index (χ3v) is 4.05. The summed E-state index contributed by atoms with van der Waals surface area (Å²) in [7, 11) is 0. The van der Waals surface area contributed by atoms with Crippen LogP contribution in [0.4, 0.5) is 0 Å². The van der Waals surface area contributed by atoms with Crippen molar-refractivity contribution in [1.82, 2.24) is 19.4 Å². The van der Waals surface area contributed by atoms with Crippen molar-refractivity contribution in [2.75, 3.05) is 0 Å². The van der Waals surface area contributed by atoms with Gasteiger partial charge in [-0.25, -0.2) is 0 Å². The molecule has 0 saturated heterocycles. The molecule has 104 valence electrons. The van der Waals surface area contributed by atoms with Gasteiger partial charge in [-0.15, -0.1) is 5.10 Å². The normalized spacial score (nSPS) is 13.5. The van der Waals surface area contributed by atoms with Crippen molar-refractivity contribution in [2.45, 2.75) is 45.7 Å². The molecule has 2 aromatic heterocycles. The largest absolute Gasteiger partial charge is 0.318 e. The van der Waals surface area contributed by atoms with Crippen LogP contribution in [-0.2, 0) is 0 Å². The van der Waals surface area contributed by atoms with Crippen LogP contribution in [-0.4, -0.2) is 19.4 Å².